The SMILES string of the molecule is [C-]#[N+]c1cnn(-c2nc3[nH]ccc(=O)c3cc2-c2ccc3nccn3c2)c1. The fraction of sp³-hybridized carbons (Fsp3) is 0. The molecule has 0 saturated heterocycles. The number of imidazole rings is 1. The van der Waals surface area contributed by atoms with Crippen LogP contribution in [0.4, 0.5) is 5.69 Å². The number of hydrogen-bond acceptors (Lipinski definition) is 4. The van der Waals surface area contributed by atoms with Crippen molar-refractivity contribution >= 4 is 22.4 Å². The van der Waals surface area contributed by atoms with Gasteiger partial charge < -0.3 is 9.38 Å². The van der Waals surface area contributed by atoms with Crippen LogP contribution >= 0.6 is 0 Å². The second-order valence-corrected chi connectivity index (χ2v) is 5.96. The van der Waals surface area contributed by atoms with Crippen molar-refractivity contribution in [1.29, 1.82) is 0 Å². The van der Waals surface area contributed by atoms with Gasteiger partial charge in [-0.3, -0.25) is 4.79 Å². The van der Waals surface area contributed by atoms with Crippen LogP contribution in [0.2, 0.25) is 0 Å². The van der Waals surface area contributed by atoms with Crippen molar-refractivity contribution in [2.75, 3.05) is 0 Å². The largest absolute Gasteiger partial charge is 0.346 e. The van der Waals surface area contributed by atoms with Gasteiger partial charge in [0.15, 0.2) is 11.2 Å². The van der Waals surface area contributed by atoms with Gasteiger partial charge in [0.2, 0.25) is 5.69 Å². The van der Waals surface area contributed by atoms with E-state index in [0.29, 0.717) is 22.5 Å². The van der Waals surface area contributed by atoms with E-state index in [1.165, 1.54) is 12.3 Å². The molecule has 27 heavy (non-hydrogen) atoms. The van der Waals surface area contributed by atoms with Crippen LogP contribution in [0.3, 0.4) is 0 Å². The van der Waals surface area contributed by atoms with E-state index in [1.54, 1.807) is 29.3 Å². The number of hydrogen-bond donors (Lipinski definition) is 1. The number of rotatable bonds is 2. The van der Waals surface area contributed by atoms with E-state index in [-0.39, 0.29) is 5.43 Å². The molecule has 0 atom stereocenters. The van der Waals surface area contributed by atoms with Crippen molar-refractivity contribution in [2.24, 2.45) is 0 Å². The van der Waals surface area contributed by atoms with Crippen LogP contribution in [-0.4, -0.2) is 29.1 Å². The van der Waals surface area contributed by atoms with Crippen LogP contribution in [0.1, 0.15) is 0 Å². The van der Waals surface area contributed by atoms with Gasteiger partial charge in [-0.2, -0.15) is 5.10 Å². The van der Waals surface area contributed by atoms with Crippen LogP contribution in [-0.2, 0) is 0 Å². The number of pyridine rings is 3. The Bertz CT molecular complexity index is 1420. The Labute approximate surface area is 152 Å². The minimum absolute atomic E-state index is 0.116. The first-order chi connectivity index (χ1) is 13.2. The third kappa shape index (κ3) is 2.38. The predicted octanol–water partition coefficient (Wildman–Crippen LogP) is 2.97. The van der Waals surface area contributed by atoms with E-state index in [1.807, 2.05) is 28.9 Å². The van der Waals surface area contributed by atoms with Crippen molar-refractivity contribution in [3.05, 3.63) is 83.1 Å². The lowest BCUT2D eigenvalue weighted by molar-refractivity contribution is 0.852. The number of aromatic amines is 1. The van der Waals surface area contributed by atoms with Crippen molar-refractivity contribution in [2.45, 2.75) is 0 Å². The standard InChI is InChI=1S/C19H11N7O/c1-20-13-9-23-26(11-13)19-14(8-15-16(27)4-5-22-18(15)24-19)12-2-3-17-21-6-7-25(17)10-12/h2-11H,(H,22,24,27). The molecule has 0 aliphatic carbocycles. The van der Waals surface area contributed by atoms with E-state index < -0.39 is 0 Å². The van der Waals surface area contributed by atoms with Crippen LogP contribution in [0.15, 0.2) is 66.2 Å². The summed E-state index contributed by atoms with van der Waals surface area (Å²) in [6.45, 7) is 7.16. The molecule has 0 spiro atoms. The van der Waals surface area contributed by atoms with Crippen molar-refractivity contribution in [3.63, 3.8) is 0 Å². The van der Waals surface area contributed by atoms with Crippen molar-refractivity contribution in [1.82, 2.24) is 29.1 Å². The molecule has 8 heteroatoms. The first-order valence-corrected chi connectivity index (χ1v) is 8.11. The quantitative estimate of drug-likeness (QED) is 0.495. The van der Waals surface area contributed by atoms with E-state index >= 15 is 0 Å². The van der Waals surface area contributed by atoms with E-state index in [4.69, 9.17) is 6.57 Å². The Morgan fingerprint density at radius 3 is 2.96 bits per heavy atom. The van der Waals surface area contributed by atoms with Gasteiger partial charge in [0.25, 0.3) is 0 Å². The van der Waals surface area contributed by atoms with Gasteiger partial charge in [-0.05, 0) is 18.2 Å². The molecule has 0 aliphatic rings. The summed E-state index contributed by atoms with van der Waals surface area (Å²) in [5.41, 5.74) is 3.16. The van der Waals surface area contributed by atoms with Crippen molar-refractivity contribution in [3.8, 4) is 16.9 Å². The third-order valence-corrected chi connectivity index (χ3v) is 4.34. The Balaban J connectivity index is 1.84. The molecule has 0 aliphatic heterocycles. The van der Waals surface area contributed by atoms with Gasteiger partial charge in [0.1, 0.15) is 11.3 Å². The summed E-state index contributed by atoms with van der Waals surface area (Å²) in [6.07, 6.45) is 10.2. The average Bonchev–Trinajstić information content (AvgIpc) is 3.36. The molecule has 5 rings (SSSR count). The maximum Gasteiger partial charge on any atom is 0.224 e. The zero-order chi connectivity index (χ0) is 18.4. The van der Waals surface area contributed by atoms with Gasteiger partial charge in [0.05, 0.1) is 18.2 Å². The summed E-state index contributed by atoms with van der Waals surface area (Å²) in [4.78, 5) is 27.6. The van der Waals surface area contributed by atoms with Crippen LogP contribution in [0, 0.1) is 6.57 Å². The van der Waals surface area contributed by atoms with Crippen LogP contribution in [0.5, 0.6) is 0 Å². The fourth-order valence-corrected chi connectivity index (χ4v) is 3.04. The summed E-state index contributed by atoms with van der Waals surface area (Å²) in [7, 11) is 0. The molecule has 8 nitrogen and oxygen atoms in total. The minimum atomic E-state index is -0.116. The maximum atomic E-state index is 12.3. The Morgan fingerprint density at radius 2 is 2.11 bits per heavy atom. The highest BCUT2D eigenvalue weighted by atomic mass is 16.1. The van der Waals surface area contributed by atoms with Gasteiger partial charge in [-0.25, -0.2) is 19.5 Å². The summed E-state index contributed by atoms with van der Waals surface area (Å²) >= 11 is 0. The highest BCUT2D eigenvalue weighted by Crippen LogP contribution is 2.28. The molecular weight excluding hydrogens is 342 g/mol. The number of nitrogens with one attached hydrogen (secondary N) is 1. The molecular formula is C19H11N7O. The molecule has 0 radical (unpaired) electrons. The fourth-order valence-electron chi connectivity index (χ4n) is 3.04. The molecule has 0 amide bonds. The Kier molecular flexibility index (Phi) is 3.14. The van der Waals surface area contributed by atoms with Gasteiger partial charge in [-0.15, -0.1) is 0 Å². The minimum Gasteiger partial charge on any atom is -0.346 e. The number of H-pyrrole nitrogens is 1. The lowest BCUT2D eigenvalue weighted by Crippen LogP contribution is -2.07. The topological polar surface area (TPSA) is 85.2 Å². The normalized spacial score (nSPS) is 11.1. The Hall–Kier alpha value is -4.25. The maximum absolute atomic E-state index is 12.3. The first-order valence-electron chi connectivity index (χ1n) is 8.11. The zero-order valence-electron chi connectivity index (χ0n) is 13.9. The molecule has 0 unspecified atom stereocenters. The van der Waals surface area contributed by atoms with E-state index in [9.17, 15) is 4.79 Å². The lowest BCUT2D eigenvalue weighted by atomic mass is 10.1. The molecule has 5 heterocycles. The van der Waals surface area contributed by atoms with E-state index in [0.717, 1.165) is 16.8 Å². The molecule has 1 N–H and O–H groups in total. The van der Waals surface area contributed by atoms with Crippen molar-refractivity contribution < 1.29 is 0 Å². The van der Waals surface area contributed by atoms with Crippen LogP contribution < -0.4 is 5.43 Å². The number of aromatic nitrogens is 6. The van der Waals surface area contributed by atoms with Gasteiger partial charge in [0, 0.05) is 48.2 Å². The molecule has 0 fully saturated rings. The second-order valence-electron chi connectivity index (χ2n) is 5.96. The van der Waals surface area contributed by atoms with Gasteiger partial charge >= 0.3 is 0 Å². The summed E-state index contributed by atoms with van der Waals surface area (Å²) in [5.74, 6) is 0.527. The highest BCUT2D eigenvalue weighted by molar-refractivity contribution is 5.85. The van der Waals surface area contributed by atoms with Crippen LogP contribution in [0.25, 0.3) is 38.5 Å². The molecule has 5 aromatic rings. The molecule has 128 valence electrons. The third-order valence-electron chi connectivity index (χ3n) is 4.34. The monoisotopic (exact) mass is 353 g/mol. The molecule has 0 aromatic carbocycles. The molecule has 0 saturated carbocycles. The molecule has 5 aromatic heterocycles. The number of nitrogens with zero attached hydrogens (tertiary/aromatic N) is 6. The van der Waals surface area contributed by atoms with Gasteiger partial charge in [-0.1, -0.05) is 0 Å². The van der Waals surface area contributed by atoms with E-state index in [2.05, 4.69) is 24.9 Å². The highest BCUT2D eigenvalue weighted by Gasteiger charge is 2.14. The summed E-state index contributed by atoms with van der Waals surface area (Å²) < 4.78 is 3.44. The number of fused-ring (bicyclic) bond motifs is 2. The smallest absolute Gasteiger partial charge is 0.224 e. The lowest BCUT2D eigenvalue weighted by Gasteiger charge is -2.11. The Morgan fingerprint density at radius 1 is 1.19 bits per heavy atom. The molecule has 0 bridgehead atoms. The summed E-state index contributed by atoms with van der Waals surface area (Å²) in [6, 6.07) is 7.09. The summed E-state index contributed by atoms with van der Waals surface area (Å²) in [5, 5.41) is 4.74. The predicted molar refractivity (Wildman–Crippen MR) is 99.9 cm³/mol. The average molecular weight is 353 g/mol. The zero-order valence-corrected chi connectivity index (χ0v) is 13.9. The second kappa shape index (κ2) is 5.64. The first kappa shape index (κ1) is 15.0.